The average molecular weight is 305 g/mol. The monoisotopic (exact) mass is 305 g/mol. The topological polar surface area (TPSA) is 55.4 Å². The number of rotatable bonds is 6. The SMILES string of the molecule is CCOc1ccc(S(=O)(=O)Nc2cccc(CC)c2)cc1. The zero-order chi connectivity index (χ0) is 15.3. The van der Waals surface area contributed by atoms with Gasteiger partial charge >= 0.3 is 0 Å². The molecule has 0 aliphatic rings. The Morgan fingerprint density at radius 1 is 1.05 bits per heavy atom. The van der Waals surface area contributed by atoms with Gasteiger partial charge in [-0.1, -0.05) is 19.1 Å². The molecule has 21 heavy (non-hydrogen) atoms. The summed E-state index contributed by atoms with van der Waals surface area (Å²) in [5.74, 6) is 0.657. The second kappa shape index (κ2) is 6.63. The minimum absolute atomic E-state index is 0.216. The highest BCUT2D eigenvalue weighted by Crippen LogP contribution is 2.20. The molecule has 0 bridgehead atoms. The van der Waals surface area contributed by atoms with Crippen LogP contribution in [0.2, 0.25) is 0 Å². The summed E-state index contributed by atoms with van der Waals surface area (Å²) in [5.41, 5.74) is 1.66. The van der Waals surface area contributed by atoms with Crippen molar-refractivity contribution in [2.24, 2.45) is 0 Å². The maximum Gasteiger partial charge on any atom is 0.261 e. The van der Waals surface area contributed by atoms with Gasteiger partial charge in [0.2, 0.25) is 0 Å². The van der Waals surface area contributed by atoms with E-state index in [-0.39, 0.29) is 4.90 Å². The quantitative estimate of drug-likeness (QED) is 0.889. The highest BCUT2D eigenvalue weighted by atomic mass is 32.2. The Morgan fingerprint density at radius 2 is 1.76 bits per heavy atom. The third-order valence-corrected chi connectivity index (χ3v) is 4.43. The van der Waals surface area contributed by atoms with Gasteiger partial charge in [0, 0.05) is 5.69 Å². The van der Waals surface area contributed by atoms with Gasteiger partial charge in [-0.3, -0.25) is 4.72 Å². The predicted molar refractivity (Wildman–Crippen MR) is 84.2 cm³/mol. The zero-order valence-electron chi connectivity index (χ0n) is 12.2. The smallest absolute Gasteiger partial charge is 0.261 e. The van der Waals surface area contributed by atoms with E-state index in [1.54, 1.807) is 18.2 Å². The molecule has 0 heterocycles. The van der Waals surface area contributed by atoms with Gasteiger partial charge in [-0.05, 0) is 55.3 Å². The van der Waals surface area contributed by atoms with Crippen LogP contribution < -0.4 is 9.46 Å². The summed E-state index contributed by atoms with van der Waals surface area (Å²) in [5, 5.41) is 0. The molecule has 0 aromatic heterocycles. The van der Waals surface area contributed by atoms with Gasteiger partial charge < -0.3 is 4.74 Å². The van der Waals surface area contributed by atoms with Crippen molar-refractivity contribution in [3.05, 3.63) is 54.1 Å². The number of anilines is 1. The fourth-order valence-corrected chi connectivity index (χ4v) is 3.00. The Balaban J connectivity index is 2.21. The molecule has 2 aromatic carbocycles. The number of hydrogen-bond donors (Lipinski definition) is 1. The van der Waals surface area contributed by atoms with Gasteiger partial charge in [-0.15, -0.1) is 0 Å². The van der Waals surface area contributed by atoms with Gasteiger partial charge in [0.05, 0.1) is 11.5 Å². The molecule has 0 saturated heterocycles. The Morgan fingerprint density at radius 3 is 2.38 bits per heavy atom. The van der Waals surface area contributed by atoms with E-state index in [2.05, 4.69) is 4.72 Å². The molecule has 5 heteroatoms. The van der Waals surface area contributed by atoms with Crippen molar-refractivity contribution in [2.45, 2.75) is 25.2 Å². The molecule has 112 valence electrons. The second-order valence-corrected chi connectivity index (χ2v) is 6.25. The molecular formula is C16H19NO3S. The molecule has 0 aliphatic heterocycles. The van der Waals surface area contributed by atoms with Crippen LogP contribution in [0.5, 0.6) is 5.75 Å². The lowest BCUT2D eigenvalue weighted by Gasteiger charge is -2.10. The van der Waals surface area contributed by atoms with E-state index in [1.165, 1.54) is 12.1 Å². The molecule has 0 spiro atoms. The van der Waals surface area contributed by atoms with Crippen molar-refractivity contribution in [3.8, 4) is 5.75 Å². The maximum atomic E-state index is 12.3. The van der Waals surface area contributed by atoms with Crippen LogP contribution in [0.3, 0.4) is 0 Å². The maximum absolute atomic E-state index is 12.3. The van der Waals surface area contributed by atoms with Crippen LogP contribution in [-0.4, -0.2) is 15.0 Å². The molecular weight excluding hydrogens is 286 g/mol. The number of nitrogens with one attached hydrogen (secondary N) is 1. The number of ether oxygens (including phenoxy) is 1. The largest absolute Gasteiger partial charge is 0.494 e. The first kappa shape index (κ1) is 15.4. The van der Waals surface area contributed by atoms with Crippen molar-refractivity contribution in [2.75, 3.05) is 11.3 Å². The number of benzene rings is 2. The minimum atomic E-state index is -3.58. The molecule has 0 atom stereocenters. The van der Waals surface area contributed by atoms with Crippen LogP contribution in [0.15, 0.2) is 53.4 Å². The van der Waals surface area contributed by atoms with Gasteiger partial charge in [0.1, 0.15) is 5.75 Å². The average Bonchev–Trinajstić information content (AvgIpc) is 2.48. The number of sulfonamides is 1. The van der Waals surface area contributed by atoms with E-state index < -0.39 is 10.0 Å². The summed E-state index contributed by atoms with van der Waals surface area (Å²) in [4.78, 5) is 0.216. The number of aryl methyl sites for hydroxylation is 1. The van der Waals surface area contributed by atoms with E-state index in [1.807, 2.05) is 32.0 Å². The minimum Gasteiger partial charge on any atom is -0.494 e. The lowest BCUT2D eigenvalue weighted by Crippen LogP contribution is -2.13. The fourth-order valence-electron chi connectivity index (χ4n) is 1.95. The first-order chi connectivity index (χ1) is 10.0. The lowest BCUT2D eigenvalue weighted by molar-refractivity contribution is 0.340. The fraction of sp³-hybridized carbons (Fsp3) is 0.250. The first-order valence-corrected chi connectivity index (χ1v) is 8.38. The van der Waals surface area contributed by atoms with Crippen molar-refractivity contribution < 1.29 is 13.2 Å². The van der Waals surface area contributed by atoms with Crippen LogP contribution in [0.25, 0.3) is 0 Å². The van der Waals surface area contributed by atoms with Crippen LogP contribution in [0.4, 0.5) is 5.69 Å². The van der Waals surface area contributed by atoms with Gasteiger partial charge in [-0.25, -0.2) is 8.42 Å². The van der Waals surface area contributed by atoms with Gasteiger partial charge in [0.15, 0.2) is 0 Å². The van der Waals surface area contributed by atoms with E-state index >= 15 is 0 Å². The summed E-state index contributed by atoms with van der Waals surface area (Å²) >= 11 is 0. The molecule has 0 amide bonds. The summed E-state index contributed by atoms with van der Waals surface area (Å²) in [6.07, 6.45) is 0.860. The molecule has 0 radical (unpaired) electrons. The lowest BCUT2D eigenvalue weighted by atomic mass is 10.1. The zero-order valence-corrected chi connectivity index (χ0v) is 13.0. The van der Waals surface area contributed by atoms with E-state index in [4.69, 9.17) is 4.74 Å². The van der Waals surface area contributed by atoms with E-state index in [0.717, 1.165) is 12.0 Å². The molecule has 2 aromatic rings. The van der Waals surface area contributed by atoms with Crippen molar-refractivity contribution in [3.63, 3.8) is 0 Å². The molecule has 0 fully saturated rings. The van der Waals surface area contributed by atoms with Crippen LogP contribution >= 0.6 is 0 Å². The Bertz CT molecular complexity index is 694. The van der Waals surface area contributed by atoms with Crippen LogP contribution in [-0.2, 0) is 16.4 Å². The van der Waals surface area contributed by atoms with Crippen molar-refractivity contribution >= 4 is 15.7 Å². The number of hydrogen-bond acceptors (Lipinski definition) is 3. The summed E-state index contributed by atoms with van der Waals surface area (Å²) in [6, 6.07) is 13.8. The normalized spacial score (nSPS) is 11.1. The standard InChI is InChI=1S/C16H19NO3S/c1-3-13-6-5-7-14(12-13)17-21(18,19)16-10-8-15(9-11-16)20-4-2/h5-12,17H,3-4H2,1-2H3. The first-order valence-electron chi connectivity index (χ1n) is 6.89. The highest BCUT2D eigenvalue weighted by molar-refractivity contribution is 7.92. The van der Waals surface area contributed by atoms with E-state index in [0.29, 0.717) is 18.0 Å². The third-order valence-electron chi connectivity index (χ3n) is 3.03. The summed E-state index contributed by atoms with van der Waals surface area (Å²) in [6.45, 7) is 4.46. The Labute approximate surface area is 125 Å². The van der Waals surface area contributed by atoms with Crippen molar-refractivity contribution in [1.82, 2.24) is 0 Å². The second-order valence-electron chi connectivity index (χ2n) is 4.56. The van der Waals surface area contributed by atoms with Crippen LogP contribution in [0.1, 0.15) is 19.4 Å². The van der Waals surface area contributed by atoms with Gasteiger partial charge in [-0.2, -0.15) is 0 Å². The molecule has 1 N–H and O–H groups in total. The molecule has 0 unspecified atom stereocenters. The summed E-state index contributed by atoms with van der Waals surface area (Å²) in [7, 11) is -3.58. The van der Waals surface area contributed by atoms with Crippen LogP contribution in [0, 0.1) is 0 Å². The molecule has 0 saturated carbocycles. The van der Waals surface area contributed by atoms with E-state index in [9.17, 15) is 8.42 Å². The molecule has 2 rings (SSSR count). The third kappa shape index (κ3) is 3.98. The van der Waals surface area contributed by atoms with Gasteiger partial charge in [0.25, 0.3) is 10.0 Å². The summed E-state index contributed by atoms with van der Waals surface area (Å²) < 4.78 is 32.5. The van der Waals surface area contributed by atoms with Crippen molar-refractivity contribution in [1.29, 1.82) is 0 Å². The molecule has 0 aliphatic carbocycles. The highest BCUT2D eigenvalue weighted by Gasteiger charge is 2.14. The predicted octanol–water partition coefficient (Wildman–Crippen LogP) is 3.45. The molecule has 4 nitrogen and oxygen atoms in total. The Hall–Kier alpha value is -2.01. The Kier molecular flexibility index (Phi) is 4.85.